The Kier molecular flexibility index (Phi) is 6.79. The van der Waals surface area contributed by atoms with E-state index in [0.717, 1.165) is 18.9 Å². The molecule has 2 aromatic rings. The van der Waals surface area contributed by atoms with Gasteiger partial charge in [0.1, 0.15) is 12.4 Å². The first-order valence-corrected chi connectivity index (χ1v) is 8.99. The SMILES string of the molecule is O=C(N=NOCC1CC1)C(Cc1c(OC(F)F)ccc(F)c1F)c1ccccc1. The molecule has 0 aromatic heterocycles. The van der Waals surface area contributed by atoms with Gasteiger partial charge in [-0.15, -0.1) is 0 Å². The van der Waals surface area contributed by atoms with Crippen LogP contribution in [0.5, 0.6) is 5.75 Å². The number of halogens is 4. The Morgan fingerprint density at radius 1 is 1.10 bits per heavy atom. The fourth-order valence-corrected chi connectivity index (χ4v) is 2.77. The van der Waals surface area contributed by atoms with E-state index in [1.807, 2.05) is 0 Å². The van der Waals surface area contributed by atoms with Crippen molar-refractivity contribution in [1.29, 1.82) is 0 Å². The molecule has 5 nitrogen and oxygen atoms in total. The van der Waals surface area contributed by atoms with Crippen LogP contribution in [-0.4, -0.2) is 19.1 Å². The van der Waals surface area contributed by atoms with Gasteiger partial charge in [-0.05, 0) is 42.9 Å². The van der Waals surface area contributed by atoms with Crippen molar-refractivity contribution in [3.05, 3.63) is 65.2 Å². The van der Waals surface area contributed by atoms with Crippen molar-refractivity contribution in [3.63, 3.8) is 0 Å². The minimum absolute atomic E-state index is 0.345. The molecular weight excluding hydrogens is 392 g/mol. The molecular formula is C20H18F4N2O3. The van der Waals surface area contributed by atoms with Crippen LogP contribution in [0.15, 0.2) is 52.9 Å². The van der Waals surface area contributed by atoms with Crippen molar-refractivity contribution < 1.29 is 31.9 Å². The summed E-state index contributed by atoms with van der Waals surface area (Å²) in [5, 5.41) is 6.90. The van der Waals surface area contributed by atoms with E-state index in [2.05, 4.69) is 15.1 Å². The molecule has 0 spiro atoms. The van der Waals surface area contributed by atoms with E-state index in [4.69, 9.17) is 4.84 Å². The molecule has 0 N–H and O–H groups in total. The third kappa shape index (κ3) is 5.75. The Labute approximate surface area is 164 Å². The number of ether oxygens (including phenoxy) is 1. The molecule has 1 fully saturated rings. The van der Waals surface area contributed by atoms with E-state index in [9.17, 15) is 22.4 Å². The van der Waals surface area contributed by atoms with Gasteiger partial charge in [-0.25, -0.2) is 8.78 Å². The number of carbonyl (C=O) groups is 1. The molecule has 1 aliphatic rings. The summed E-state index contributed by atoms with van der Waals surface area (Å²) in [7, 11) is 0. The lowest BCUT2D eigenvalue weighted by atomic mass is 9.90. The van der Waals surface area contributed by atoms with E-state index < -0.39 is 47.8 Å². The summed E-state index contributed by atoms with van der Waals surface area (Å²) in [6, 6.07) is 9.76. The van der Waals surface area contributed by atoms with Gasteiger partial charge in [0.25, 0.3) is 5.91 Å². The first-order chi connectivity index (χ1) is 14.0. The fourth-order valence-electron chi connectivity index (χ4n) is 2.77. The number of hydrogen-bond acceptors (Lipinski definition) is 4. The molecule has 1 atom stereocenters. The van der Waals surface area contributed by atoms with Crippen molar-refractivity contribution >= 4 is 5.91 Å². The Morgan fingerprint density at radius 2 is 1.83 bits per heavy atom. The Hall–Kier alpha value is -2.97. The lowest BCUT2D eigenvalue weighted by Gasteiger charge is -2.17. The number of benzene rings is 2. The second-order valence-corrected chi connectivity index (χ2v) is 6.64. The molecule has 3 rings (SSSR count). The van der Waals surface area contributed by atoms with Crippen LogP contribution in [0.4, 0.5) is 17.6 Å². The monoisotopic (exact) mass is 410 g/mol. The van der Waals surface area contributed by atoms with E-state index >= 15 is 0 Å². The molecule has 0 saturated heterocycles. The highest BCUT2D eigenvalue weighted by molar-refractivity contribution is 5.84. The molecule has 9 heteroatoms. The predicted octanol–water partition coefficient (Wildman–Crippen LogP) is 5.21. The minimum Gasteiger partial charge on any atom is -0.434 e. The van der Waals surface area contributed by atoms with E-state index in [-0.39, 0.29) is 0 Å². The highest BCUT2D eigenvalue weighted by Gasteiger charge is 2.27. The second-order valence-electron chi connectivity index (χ2n) is 6.64. The van der Waals surface area contributed by atoms with Gasteiger partial charge < -0.3 is 9.57 Å². The quantitative estimate of drug-likeness (QED) is 0.324. The maximum Gasteiger partial charge on any atom is 0.387 e. The minimum atomic E-state index is -3.24. The molecule has 1 saturated carbocycles. The summed E-state index contributed by atoms with van der Waals surface area (Å²) < 4.78 is 57.7. The first-order valence-electron chi connectivity index (χ1n) is 8.99. The van der Waals surface area contributed by atoms with Crippen molar-refractivity contribution in [2.24, 2.45) is 16.3 Å². The largest absolute Gasteiger partial charge is 0.434 e. The van der Waals surface area contributed by atoms with Crippen molar-refractivity contribution in [2.45, 2.75) is 31.8 Å². The number of hydrogen-bond donors (Lipinski definition) is 0. The third-order valence-electron chi connectivity index (χ3n) is 4.48. The van der Waals surface area contributed by atoms with Crippen LogP contribution in [0.1, 0.15) is 29.9 Å². The summed E-state index contributed by atoms with van der Waals surface area (Å²) in [6.45, 7) is -2.89. The lowest BCUT2D eigenvalue weighted by molar-refractivity contribution is -0.120. The summed E-state index contributed by atoms with van der Waals surface area (Å²) >= 11 is 0. The summed E-state index contributed by atoms with van der Waals surface area (Å²) in [4.78, 5) is 17.6. The Balaban J connectivity index is 1.87. The third-order valence-corrected chi connectivity index (χ3v) is 4.48. The normalized spacial score (nSPS) is 14.9. The Morgan fingerprint density at radius 3 is 2.48 bits per heavy atom. The van der Waals surface area contributed by atoms with Crippen LogP contribution in [0.3, 0.4) is 0 Å². The number of amides is 1. The average molecular weight is 410 g/mol. The summed E-state index contributed by atoms with van der Waals surface area (Å²) in [5.74, 6) is -4.62. The molecule has 0 heterocycles. The summed E-state index contributed by atoms with van der Waals surface area (Å²) in [6.07, 6.45) is 1.61. The Bertz CT molecular complexity index is 874. The van der Waals surface area contributed by atoms with Gasteiger partial charge in [0, 0.05) is 10.8 Å². The zero-order chi connectivity index (χ0) is 20.8. The van der Waals surface area contributed by atoms with Crippen molar-refractivity contribution in [3.8, 4) is 5.75 Å². The molecule has 0 aliphatic heterocycles. The van der Waals surface area contributed by atoms with Gasteiger partial charge in [-0.2, -0.15) is 8.78 Å². The highest BCUT2D eigenvalue weighted by atomic mass is 19.3. The first kappa shape index (κ1) is 20.8. The maximum absolute atomic E-state index is 14.4. The van der Waals surface area contributed by atoms with Gasteiger partial charge in [0.15, 0.2) is 11.6 Å². The second kappa shape index (κ2) is 9.49. The molecule has 0 radical (unpaired) electrons. The van der Waals surface area contributed by atoms with Gasteiger partial charge in [0.2, 0.25) is 0 Å². The van der Waals surface area contributed by atoms with Crippen LogP contribution in [0.25, 0.3) is 0 Å². The average Bonchev–Trinajstić information content (AvgIpc) is 3.52. The fraction of sp³-hybridized carbons (Fsp3) is 0.350. The molecule has 29 heavy (non-hydrogen) atoms. The topological polar surface area (TPSA) is 60.2 Å². The van der Waals surface area contributed by atoms with Crippen LogP contribution in [-0.2, 0) is 16.1 Å². The van der Waals surface area contributed by atoms with Crippen LogP contribution < -0.4 is 4.74 Å². The smallest absolute Gasteiger partial charge is 0.387 e. The molecule has 1 aliphatic carbocycles. The molecule has 2 aromatic carbocycles. The number of alkyl halides is 2. The highest BCUT2D eigenvalue weighted by Crippen LogP contribution is 2.32. The standard InChI is InChI=1S/C20H18F4N2O3/c21-16-8-9-17(29-20(23)24)15(18(16)22)10-14(13-4-2-1-3-5-13)19(27)25-26-28-11-12-6-7-12/h1-5,8-9,12,14,20H,6-7,10-11H2. The van der Waals surface area contributed by atoms with Crippen molar-refractivity contribution in [2.75, 3.05) is 6.61 Å². The molecule has 1 unspecified atom stereocenters. The number of nitrogens with zero attached hydrogens (tertiary/aromatic N) is 2. The molecule has 0 bridgehead atoms. The van der Waals surface area contributed by atoms with Gasteiger partial charge in [-0.3, -0.25) is 4.79 Å². The van der Waals surface area contributed by atoms with Gasteiger partial charge in [0.05, 0.1) is 5.92 Å². The van der Waals surface area contributed by atoms with Crippen molar-refractivity contribution in [1.82, 2.24) is 0 Å². The number of rotatable bonds is 9. The van der Waals surface area contributed by atoms with Crippen LogP contribution in [0.2, 0.25) is 0 Å². The van der Waals surface area contributed by atoms with Gasteiger partial charge >= 0.3 is 6.61 Å². The predicted molar refractivity (Wildman–Crippen MR) is 94.4 cm³/mol. The number of carbonyl (C=O) groups excluding carboxylic acids is 1. The summed E-state index contributed by atoms with van der Waals surface area (Å²) in [5.41, 5.74) is -0.0492. The van der Waals surface area contributed by atoms with Crippen LogP contribution in [0, 0.1) is 17.6 Å². The molecule has 154 valence electrons. The zero-order valence-corrected chi connectivity index (χ0v) is 15.2. The van der Waals surface area contributed by atoms with Gasteiger partial charge in [-0.1, -0.05) is 35.4 Å². The van der Waals surface area contributed by atoms with E-state index in [1.54, 1.807) is 30.3 Å². The van der Waals surface area contributed by atoms with E-state index in [1.165, 1.54) is 0 Å². The lowest BCUT2D eigenvalue weighted by Crippen LogP contribution is -2.16. The zero-order valence-electron chi connectivity index (χ0n) is 15.2. The maximum atomic E-state index is 14.4. The van der Waals surface area contributed by atoms with Crippen LogP contribution >= 0.6 is 0 Å². The van der Waals surface area contributed by atoms with E-state index in [0.29, 0.717) is 24.2 Å². The molecule has 1 amide bonds.